The van der Waals surface area contributed by atoms with Gasteiger partial charge in [0.15, 0.2) is 0 Å². The lowest BCUT2D eigenvalue weighted by atomic mass is 10.5. The van der Waals surface area contributed by atoms with Crippen molar-refractivity contribution in [1.82, 2.24) is 0 Å². The van der Waals surface area contributed by atoms with Crippen LogP contribution in [0.25, 0.3) is 0 Å². The smallest absolute Gasteiger partial charge is 0.318 e. The summed E-state index contributed by atoms with van der Waals surface area (Å²) in [6.07, 6.45) is 0. The van der Waals surface area contributed by atoms with E-state index < -0.39 is 22.4 Å². The van der Waals surface area contributed by atoms with Crippen molar-refractivity contribution in [1.29, 1.82) is 0 Å². The van der Waals surface area contributed by atoms with Crippen molar-refractivity contribution in [3.05, 3.63) is 0 Å². The van der Waals surface area contributed by atoms with Crippen LogP contribution in [0.3, 0.4) is 0 Å². The molecule has 0 unspecified atom stereocenters. The number of carboxylic acid groups (broad SMARTS) is 2. The average Bonchev–Trinajstić information content (AvgIpc) is 1.84. The van der Waals surface area contributed by atoms with Crippen LogP contribution in [0.4, 0.5) is 0 Å². The highest BCUT2D eigenvalue weighted by atomic mass is 32.1. The maximum atomic E-state index is 10.1. The van der Waals surface area contributed by atoms with Crippen LogP contribution >= 0.6 is 25.3 Å². The summed E-state index contributed by atoms with van der Waals surface area (Å²) in [6, 6.07) is 0. The van der Waals surface area contributed by atoms with Gasteiger partial charge in [-0.2, -0.15) is 25.3 Å². The van der Waals surface area contributed by atoms with Crippen molar-refractivity contribution < 1.29 is 19.8 Å². The molecule has 58 valence electrons. The summed E-state index contributed by atoms with van der Waals surface area (Å²) >= 11 is 7.00. The van der Waals surface area contributed by atoms with Crippen molar-refractivity contribution in [2.75, 3.05) is 0 Å². The van der Waals surface area contributed by atoms with E-state index in [1.807, 2.05) is 0 Å². The Morgan fingerprint density at radius 1 is 1.00 bits per heavy atom. The van der Waals surface area contributed by atoms with E-state index in [1.165, 1.54) is 0 Å². The maximum absolute atomic E-state index is 10.1. The van der Waals surface area contributed by atoms with Crippen molar-refractivity contribution in [2.24, 2.45) is 0 Å². The van der Waals surface area contributed by atoms with Gasteiger partial charge in [0, 0.05) is 0 Å². The monoisotopic (exact) mass is 184 g/mol. The number of carboxylic acids is 2. The molecule has 4 nitrogen and oxygen atoms in total. The second-order valence-electron chi connectivity index (χ2n) is 1.57. The van der Waals surface area contributed by atoms with Crippen LogP contribution in [-0.4, -0.2) is 32.7 Å². The highest BCUT2D eigenvalue weighted by molar-refractivity contribution is 7.86. The van der Waals surface area contributed by atoms with Crippen molar-refractivity contribution in [3.63, 3.8) is 0 Å². The van der Waals surface area contributed by atoms with Crippen LogP contribution in [0.5, 0.6) is 0 Å². The van der Waals surface area contributed by atoms with Crippen molar-refractivity contribution in [3.8, 4) is 0 Å². The first-order valence-corrected chi connectivity index (χ1v) is 3.32. The van der Waals surface area contributed by atoms with E-state index in [1.54, 1.807) is 0 Å². The molecule has 6 heteroatoms. The van der Waals surface area contributed by atoms with Gasteiger partial charge in [0.25, 0.3) is 0 Å². The van der Waals surface area contributed by atoms with E-state index >= 15 is 0 Å². The van der Waals surface area contributed by atoms with E-state index in [4.69, 9.17) is 10.2 Å². The van der Waals surface area contributed by atoms with Crippen LogP contribution in [0.15, 0.2) is 0 Å². The van der Waals surface area contributed by atoms with Gasteiger partial charge in [0.2, 0.25) is 0 Å². The van der Waals surface area contributed by atoms with Crippen LogP contribution in [0.1, 0.15) is 0 Å². The molecule has 2 atom stereocenters. The van der Waals surface area contributed by atoms with Gasteiger partial charge in [0.1, 0.15) is 10.5 Å². The summed E-state index contributed by atoms with van der Waals surface area (Å²) in [7, 11) is 0. The predicted molar refractivity (Wildman–Crippen MR) is 40.8 cm³/mol. The molecule has 0 heterocycles. The summed E-state index contributed by atoms with van der Waals surface area (Å²) in [4.78, 5) is 20.1. The Morgan fingerprint density at radius 3 is 1.30 bits per heavy atom. The molecule has 0 saturated carbocycles. The summed E-state index contributed by atoms with van der Waals surface area (Å²) in [5, 5.41) is 13.9. The molecule has 0 amide bonds. The predicted octanol–water partition coefficient (Wildman–Crippen LogP) is -0.248. The van der Waals surface area contributed by atoms with E-state index in [2.05, 4.69) is 25.3 Å². The molecule has 0 fully saturated rings. The van der Waals surface area contributed by atoms with Gasteiger partial charge in [-0.25, -0.2) is 0 Å². The quantitative estimate of drug-likeness (QED) is 0.360. The van der Waals surface area contributed by atoms with Gasteiger partial charge in [-0.1, -0.05) is 0 Å². The van der Waals surface area contributed by atoms with Crippen molar-refractivity contribution in [2.45, 2.75) is 10.5 Å². The molecule has 0 aliphatic rings. The molecule has 0 saturated heterocycles. The van der Waals surface area contributed by atoms with Gasteiger partial charge >= 0.3 is 11.9 Å². The van der Waals surface area contributed by atoms with E-state index in [0.29, 0.717) is 0 Å². The zero-order valence-corrected chi connectivity index (χ0v) is 6.55. The maximum Gasteiger partial charge on any atom is 0.318 e. The molecule has 0 aromatic rings. The highest BCUT2D eigenvalue weighted by Gasteiger charge is 2.26. The SMILES string of the molecule is O=[13C](O)[C@H](S)[C@H](S)[13C](=O)O. The minimum Gasteiger partial charge on any atom is -0.480 e. The molecule has 0 aromatic carbocycles. The summed E-state index contributed by atoms with van der Waals surface area (Å²) in [5.41, 5.74) is 0. The van der Waals surface area contributed by atoms with E-state index in [0.717, 1.165) is 0 Å². The lowest BCUT2D eigenvalue weighted by Gasteiger charge is -2.07. The molecular weight excluding hydrogens is 178 g/mol. The third-order valence-electron chi connectivity index (χ3n) is 0.805. The fourth-order valence-electron chi connectivity index (χ4n) is 0.270. The minimum absolute atomic E-state index is 1.26. The third kappa shape index (κ3) is 2.49. The molecule has 0 aromatic heterocycles. The summed E-state index contributed by atoms with van der Waals surface area (Å²) < 4.78 is 0. The standard InChI is InChI=1S/C4H6O4S2/c5-3(6)1(9)2(10)4(7)8/h1-2,9-10H,(H,5,6)(H,7,8)/t1-,2+/i3+1,4+1. The molecule has 10 heavy (non-hydrogen) atoms. The topological polar surface area (TPSA) is 74.6 Å². The normalized spacial score (nSPS) is 15.8. The molecule has 0 bridgehead atoms. The molecule has 0 aliphatic heterocycles. The zero-order valence-electron chi connectivity index (χ0n) is 4.76. The molecule has 0 rings (SSSR count). The first-order chi connectivity index (χ1) is 4.46. The Hall–Kier alpha value is -0.360. The number of hydrogen-bond acceptors (Lipinski definition) is 4. The Bertz CT molecular complexity index is 139. The second kappa shape index (κ2) is 3.72. The third-order valence-corrected chi connectivity index (χ3v) is 2.08. The average molecular weight is 184 g/mol. The summed E-state index contributed by atoms with van der Waals surface area (Å²) in [6.45, 7) is 0. The number of hydrogen-bond donors (Lipinski definition) is 4. The largest absolute Gasteiger partial charge is 0.480 e. The van der Waals surface area contributed by atoms with E-state index in [-0.39, 0.29) is 0 Å². The van der Waals surface area contributed by atoms with Gasteiger partial charge in [-0.15, -0.1) is 0 Å². The first kappa shape index (κ1) is 9.64. The van der Waals surface area contributed by atoms with Gasteiger partial charge in [-0.05, 0) is 0 Å². The fraction of sp³-hybridized carbons (Fsp3) is 0.500. The van der Waals surface area contributed by atoms with Crippen LogP contribution in [0, 0.1) is 0 Å². The number of thiol groups is 2. The second-order valence-corrected chi connectivity index (χ2v) is 2.68. The van der Waals surface area contributed by atoms with Gasteiger partial charge in [-0.3, -0.25) is 9.59 Å². The highest BCUT2D eigenvalue weighted by Crippen LogP contribution is 2.08. The number of carbonyl (C=O) groups is 2. The molecular formula is C4H6O4S2. The number of aliphatic carboxylic acids is 2. The number of rotatable bonds is 3. The lowest BCUT2D eigenvalue weighted by molar-refractivity contribution is -0.142. The van der Waals surface area contributed by atoms with Crippen LogP contribution < -0.4 is 0 Å². The Kier molecular flexibility index (Phi) is 3.59. The molecule has 2 N–H and O–H groups in total. The lowest BCUT2D eigenvalue weighted by Crippen LogP contribution is -2.31. The Balaban J connectivity index is 4.07. The summed E-state index contributed by atoms with van der Waals surface area (Å²) in [5.74, 6) is -2.57. The minimum atomic E-state index is -1.29. The molecule has 0 aliphatic carbocycles. The van der Waals surface area contributed by atoms with Gasteiger partial charge < -0.3 is 10.2 Å². The fourth-order valence-corrected chi connectivity index (χ4v) is 0.525. The van der Waals surface area contributed by atoms with Gasteiger partial charge in [0.05, 0.1) is 0 Å². The van der Waals surface area contributed by atoms with Crippen LogP contribution in [0.2, 0.25) is 0 Å². The Morgan fingerprint density at radius 2 is 1.20 bits per heavy atom. The van der Waals surface area contributed by atoms with E-state index in [9.17, 15) is 9.59 Å². The molecule has 0 radical (unpaired) electrons. The first-order valence-electron chi connectivity index (χ1n) is 2.28. The Labute approximate surface area is 68.1 Å². The molecule has 0 spiro atoms. The van der Waals surface area contributed by atoms with Crippen molar-refractivity contribution >= 4 is 37.2 Å². The van der Waals surface area contributed by atoms with Crippen LogP contribution in [-0.2, 0) is 9.59 Å². The zero-order chi connectivity index (χ0) is 8.31.